The molecule has 47 heavy (non-hydrogen) atoms. The molecule has 1 aliphatic rings. The number of carbonyl (C=O) groups is 1. The Balaban J connectivity index is 0.970. The van der Waals surface area contributed by atoms with Gasteiger partial charge in [-0.1, -0.05) is 91.3 Å². The van der Waals surface area contributed by atoms with E-state index < -0.39 is 0 Å². The standard InChI is InChI=1S/C39H38N6O2/c46-39(44-33-20-16-29(17-21-33)26-45-24-8-3-9-25-45)43-32-18-14-28(15-19-32)22-23-40-37-35-34(30-10-4-1-5-11-30)36(31-12-6-2-7-13-31)47-38(35)42-27-41-37/h1-2,4-7,10-21,27H,3,8-9,22-26H2,(H,40,41,42)(H2,43,44,46). The van der Waals surface area contributed by atoms with E-state index in [-0.39, 0.29) is 6.03 Å². The summed E-state index contributed by atoms with van der Waals surface area (Å²) in [6.45, 7) is 3.96. The molecule has 8 nitrogen and oxygen atoms in total. The number of furan rings is 1. The summed E-state index contributed by atoms with van der Waals surface area (Å²) in [5, 5.41) is 10.3. The Morgan fingerprint density at radius 3 is 1.98 bits per heavy atom. The minimum atomic E-state index is -0.264. The average Bonchev–Trinajstić information content (AvgIpc) is 3.52. The molecule has 0 radical (unpaired) electrons. The number of urea groups is 1. The molecule has 7 rings (SSSR count). The Morgan fingerprint density at radius 2 is 1.32 bits per heavy atom. The lowest BCUT2D eigenvalue weighted by atomic mass is 9.99. The van der Waals surface area contributed by atoms with Crippen LogP contribution in [0.3, 0.4) is 0 Å². The Kier molecular flexibility index (Phi) is 9.19. The van der Waals surface area contributed by atoms with Crippen molar-refractivity contribution in [2.75, 3.05) is 35.6 Å². The van der Waals surface area contributed by atoms with Gasteiger partial charge in [-0.25, -0.2) is 14.8 Å². The molecular weight excluding hydrogens is 584 g/mol. The number of hydrogen-bond acceptors (Lipinski definition) is 6. The van der Waals surface area contributed by atoms with Gasteiger partial charge in [-0.05, 0) is 73.3 Å². The molecule has 1 aliphatic heterocycles. The molecule has 3 heterocycles. The number of rotatable bonds is 10. The van der Waals surface area contributed by atoms with Gasteiger partial charge in [-0.15, -0.1) is 0 Å². The van der Waals surface area contributed by atoms with Crippen LogP contribution in [0.25, 0.3) is 33.6 Å². The van der Waals surface area contributed by atoms with E-state index in [1.807, 2.05) is 84.9 Å². The Bertz CT molecular complexity index is 1920. The minimum absolute atomic E-state index is 0.264. The van der Waals surface area contributed by atoms with Crippen molar-refractivity contribution in [1.29, 1.82) is 0 Å². The first kappa shape index (κ1) is 30.2. The number of carbonyl (C=O) groups excluding carboxylic acids is 1. The van der Waals surface area contributed by atoms with E-state index >= 15 is 0 Å². The smallest absolute Gasteiger partial charge is 0.323 e. The van der Waals surface area contributed by atoms with Crippen LogP contribution in [0.15, 0.2) is 120 Å². The predicted octanol–water partition coefficient (Wildman–Crippen LogP) is 8.84. The van der Waals surface area contributed by atoms with E-state index in [1.165, 1.54) is 44.2 Å². The van der Waals surface area contributed by atoms with E-state index in [2.05, 4.69) is 55.1 Å². The molecule has 6 aromatic rings. The third-order valence-electron chi connectivity index (χ3n) is 8.57. The van der Waals surface area contributed by atoms with Crippen molar-refractivity contribution in [3.63, 3.8) is 0 Å². The zero-order chi connectivity index (χ0) is 31.8. The van der Waals surface area contributed by atoms with Crippen molar-refractivity contribution in [2.24, 2.45) is 0 Å². The molecule has 2 amide bonds. The summed E-state index contributed by atoms with van der Waals surface area (Å²) in [6.07, 6.45) is 6.20. The topological polar surface area (TPSA) is 95.3 Å². The second kappa shape index (κ2) is 14.3. The first-order valence-electron chi connectivity index (χ1n) is 16.3. The largest absolute Gasteiger partial charge is 0.437 e. The molecule has 3 N–H and O–H groups in total. The maximum absolute atomic E-state index is 12.7. The van der Waals surface area contributed by atoms with Crippen molar-refractivity contribution in [3.05, 3.63) is 127 Å². The summed E-state index contributed by atoms with van der Waals surface area (Å²) in [7, 11) is 0. The maximum atomic E-state index is 12.7. The van der Waals surface area contributed by atoms with Gasteiger partial charge < -0.3 is 20.4 Å². The molecule has 0 atom stereocenters. The van der Waals surface area contributed by atoms with Gasteiger partial charge in [-0.3, -0.25) is 4.90 Å². The van der Waals surface area contributed by atoms with Crippen LogP contribution in [0.2, 0.25) is 0 Å². The first-order chi connectivity index (χ1) is 23.2. The summed E-state index contributed by atoms with van der Waals surface area (Å²) in [4.78, 5) is 24.2. The van der Waals surface area contributed by atoms with Crippen LogP contribution < -0.4 is 16.0 Å². The molecule has 8 heteroatoms. The summed E-state index contributed by atoms with van der Waals surface area (Å²) in [5.41, 5.74) is 7.45. The molecule has 2 aromatic heterocycles. The van der Waals surface area contributed by atoms with Crippen LogP contribution in [0.5, 0.6) is 0 Å². The lowest BCUT2D eigenvalue weighted by Crippen LogP contribution is -2.29. The minimum Gasteiger partial charge on any atom is -0.437 e. The van der Waals surface area contributed by atoms with Crippen molar-refractivity contribution in [1.82, 2.24) is 14.9 Å². The average molecular weight is 623 g/mol. The number of hydrogen-bond donors (Lipinski definition) is 3. The van der Waals surface area contributed by atoms with Crippen LogP contribution in [0.1, 0.15) is 30.4 Å². The highest BCUT2D eigenvalue weighted by Crippen LogP contribution is 2.42. The fourth-order valence-electron chi connectivity index (χ4n) is 6.18. The second-order valence-electron chi connectivity index (χ2n) is 11.9. The summed E-state index contributed by atoms with van der Waals surface area (Å²) in [5.74, 6) is 1.50. The van der Waals surface area contributed by atoms with E-state index in [1.54, 1.807) is 0 Å². The zero-order valence-electron chi connectivity index (χ0n) is 26.3. The van der Waals surface area contributed by atoms with Crippen molar-refractivity contribution in [3.8, 4) is 22.5 Å². The summed E-state index contributed by atoms with van der Waals surface area (Å²) >= 11 is 0. The number of likely N-dealkylation sites (tertiary alicyclic amines) is 1. The van der Waals surface area contributed by atoms with Gasteiger partial charge in [-0.2, -0.15) is 0 Å². The van der Waals surface area contributed by atoms with Crippen LogP contribution in [-0.2, 0) is 13.0 Å². The van der Waals surface area contributed by atoms with E-state index in [0.29, 0.717) is 12.3 Å². The van der Waals surface area contributed by atoms with Gasteiger partial charge in [0.15, 0.2) is 0 Å². The van der Waals surface area contributed by atoms with E-state index in [4.69, 9.17) is 4.42 Å². The van der Waals surface area contributed by atoms with E-state index in [9.17, 15) is 4.79 Å². The normalized spacial score (nSPS) is 13.4. The summed E-state index contributed by atoms with van der Waals surface area (Å²) < 4.78 is 6.33. The third kappa shape index (κ3) is 7.34. The second-order valence-corrected chi connectivity index (χ2v) is 11.9. The van der Waals surface area contributed by atoms with Gasteiger partial charge in [0.05, 0.1) is 5.39 Å². The fraction of sp³-hybridized carbons (Fsp3) is 0.205. The molecule has 0 aliphatic carbocycles. The molecule has 0 bridgehead atoms. The number of benzene rings is 4. The monoisotopic (exact) mass is 622 g/mol. The Labute approximate surface area is 274 Å². The number of nitrogens with zero attached hydrogens (tertiary/aromatic N) is 3. The third-order valence-corrected chi connectivity index (χ3v) is 8.57. The van der Waals surface area contributed by atoms with Crippen molar-refractivity contribution in [2.45, 2.75) is 32.2 Å². The molecule has 4 aromatic carbocycles. The van der Waals surface area contributed by atoms with Gasteiger partial charge >= 0.3 is 6.03 Å². The van der Waals surface area contributed by atoms with Crippen LogP contribution in [0, 0.1) is 0 Å². The zero-order valence-corrected chi connectivity index (χ0v) is 26.3. The first-order valence-corrected chi connectivity index (χ1v) is 16.3. The number of aromatic nitrogens is 2. The maximum Gasteiger partial charge on any atom is 0.323 e. The van der Waals surface area contributed by atoms with Crippen molar-refractivity contribution < 1.29 is 9.21 Å². The van der Waals surface area contributed by atoms with Gasteiger partial charge in [0.2, 0.25) is 5.71 Å². The highest BCUT2D eigenvalue weighted by atomic mass is 16.3. The Morgan fingerprint density at radius 1 is 0.702 bits per heavy atom. The highest BCUT2D eigenvalue weighted by Gasteiger charge is 2.22. The lowest BCUT2D eigenvalue weighted by molar-refractivity contribution is 0.221. The molecule has 0 saturated carbocycles. The number of fused-ring (bicyclic) bond motifs is 1. The molecule has 236 valence electrons. The Hall–Kier alpha value is -5.47. The number of nitrogens with one attached hydrogen (secondary N) is 3. The molecule has 0 spiro atoms. The summed E-state index contributed by atoms with van der Waals surface area (Å²) in [6, 6.07) is 36.1. The fourth-order valence-corrected chi connectivity index (χ4v) is 6.18. The predicted molar refractivity (Wildman–Crippen MR) is 190 cm³/mol. The number of amides is 2. The molecular formula is C39H38N6O2. The molecule has 0 unspecified atom stereocenters. The van der Waals surface area contributed by atoms with Gasteiger partial charge in [0.25, 0.3) is 0 Å². The van der Waals surface area contributed by atoms with Crippen molar-refractivity contribution >= 4 is 34.3 Å². The SMILES string of the molecule is O=C(Nc1ccc(CCNc2ncnc3oc(-c4ccccc4)c(-c4ccccc4)c23)cc1)Nc1ccc(CN2CCCCC2)cc1. The van der Waals surface area contributed by atoms with Crippen LogP contribution in [-0.4, -0.2) is 40.5 Å². The van der Waals surface area contributed by atoms with E-state index in [0.717, 1.165) is 63.6 Å². The lowest BCUT2D eigenvalue weighted by Gasteiger charge is -2.26. The highest BCUT2D eigenvalue weighted by molar-refractivity contribution is 6.05. The van der Waals surface area contributed by atoms with Gasteiger partial charge in [0, 0.05) is 35.6 Å². The molecule has 1 fully saturated rings. The van der Waals surface area contributed by atoms with Crippen LogP contribution >= 0.6 is 0 Å². The van der Waals surface area contributed by atoms with Gasteiger partial charge in [0.1, 0.15) is 17.9 Å². The van der Waals surface area contributed by atoms with Crippen LogP contribution in [0.4, 0.5) is 22.0 Å². The number of anilines is 3. The quantitative estimate of drug-likeness (QED) is 0.141. The molecule has 1 saturated heterocycles. The number of piperidine rings is 1.